The number of carboxylic acids is 1. The minimum Gasteiger partial charge on any atom is -0.480 e. The summed E-state index contributed by atoms with van der Waals surface area (Å²) in [4.78, 5) is 25.0. The zero-order chi connectivity index (χ0) is 14.7. The maximum Gasteiger partial charge on any atom is 0.326 e. The second kappa shape index (κ2) is 6.05. The Labute approximate surface area is 117 Å². The fourth-order valence-electron chi connectivity index (χ4n) is 2.75. The Morgan fingerprint density at radius 2 is 1.95 bits per heavy atom. The lowest BCUT2D eigenvalue weighted by Crippen LogP contribution is -2.53. The molecule has 1 aliphatic rings. The molecule has 1 amide bonds. The molecule has 0 saturated carbocycles. The minimum atomic E-state index is -1.30. The Balaban J connectivity index is 2.20. The zero-order valence-corrected chi connectivity index (χ0v) is 11.4. The van der Waals surface area contributed by atoms with Crippen molar-refractivity contribution in [2.45, 2.75) is 31.9 Å². The van der Waals surface area contributed by atoms with Crippen LogP contribution >= 0.6 is 0 Å². The third-order valence-electron chi connectivity index (χ3n) is 3.82. The minimum absolute atomic E-state index is 0.104. The molecule has 1 aromatic rings. The molecular formula is C15H19NO4. The lowest BCUT2D eigenvalue weighted by atomic mass is 9.90. The molecule has 3 unspecified atom stereocenters. The van der Waals surface area contributed by atoms with E-state index in [0.717, 1.165) is 12.8 Å². The number of piperidine rings is 1. The Hall–Kier alpha value is -1.88. The number of rotatable bonds is 3. The molecule has 0 spiro atoms. The predicted molar refractivity (Wildman–Crippen MR) is 72.9 cm³/mol. The number of amides is 1. The number of hydrogen-bond donors (Lipinski definition) is 2. The van der Waals surface area contributed by atoms with E-state index in [0.29, 0.717) is 12.1 Å². The van der Waals surface area contributed by atoms with Gasteiger partial charge in [0.2, 0.25) is 0 Å². The first-order valence-corrected chi connectivity index (χ1v) is 6.78. The van der Waals surface area contributed by atoms with E-state index < -0.39 is 24.0 Å². The summed E-state index contributed by atoms with van der Waals surface area (Å²) >= 11 is 0. The van der Waals surface area contributed by atoms with Crippen LogP contribution in [-0.2, 0) is 9.59 Å². The van der Waals surface area contributed by atoms with Gasteiger partial charge >= 0.3 is 5.97 Å². The molecule has 2 rings (SSSR count). The van der Waals surface area contributed by atoms with Crippen LogP contribution in [0.2, 0.25) is 0 Å². The SMILES string of the molecule is CC1CCCN(C(=O)C(O)c2ccccc2)C1C(=O)O. The van der Waals surface area contributed by atoms with Crippen LogP contribution in [0.4, 0.5) is 0 Å². The average Bonchev–Trinajstić information content (AvgIpc) is 2.46. The number of carboxylic acid groups (broad SMARTS) is 1. The molecule has 0 radical (unpaired) electrons. The Morgan fingerprint density at radius 1 is 1.30 bits per heavy atom. The monoisotopic (exact) mass is 277 g/mol. The molecule has 0 bridgehead atoms. The van der Waals surface area contributed by atoms with E-state index in [1.54, 1.807) is 30.3 Å². The third kappa shape index (κ3) is 2.82. The van der Waals surface area contributed by atoms with Crippen LogP contribution in [0.15, 0.2) is 30.3 Å². The highest BCUT2D eigenvalue weighted by Gasteiger charge is 2.39. The number of hydrogen-bond acceptors (Lipinski definition) is 3. The van der Waals surface area contributed by atoms with E-state index in [9.17, 15) is 19.8 Å². The Bertz CT molecular complexity index is 488. The molecule has 0 aliphatic carbocycles. The molecular weight excluding hydrogens is 258 g/mol. The summed E-state index contributed by atoms with van der Waals surface area (Å²) in [6, 6.07) is 7.73. The quantitative estimate of drug-likeness (QED) is 0.876. The maximum absolute atomic E-state index is 12.4. The topological polar surface area (TPSA) is 77.8 Å². The first-order valence-electron chi connectivity index (χ1n) is 6.78. The number of carbonyl (C=O) groups is 2. The van der Waals surface area contributed by atoms with Gasteiger partial charge in [0.05, 0.1) is 0 Å². The van der Waals surface area contributed by atoms with Crippen LogP contribution < -0.4 is 0 Å². The van der Waals surface area contributed by atoms with Crippen LogP contribution in [0.5, 0.6) is 0 Å². The van der Waals surface area contributed by atoms with E-state index in [2.05, 4.69) is 0 Å². The van der Waals surface area contributed by atoms with Crippen LogP contribution in [0.1, 0.15) is 31.4 Å². The van der Waals surface area contributed by atoms with Crippen molar-refractivity contribution in [2.24, 2.45) is 5.92 Å². The summed E-state index contributed by atoms with van der Waals surface area (Å²) in [6.07, 6.45) is 0.240. The summed E-state index contributed by atoms with van der Waals surface area (Å²) in [7, 11) is 0. The van der Waals surface area contributed by atoms with Crippen molar-refractivity contribution in [1.29, 1.82) is 0 Å². The van der Waals surface area contributed by atoms with Crippen molar-refractivity contribution in [1.82, 2.24) is 4.90 Å². The van der Waals surface area contributed by atoms with Crippen molar-refractivity contribution in [3.05, 3.63) is 35.9 Å². The zero-order valence-electron chi connectivity index (χ0n) is 11.4. The summed E-state index contributed by atoms with van der Waals surface area (Å²) < 4.78 is 0. The van der Waals surface area contributed by atoms with Crippen molar-refractivity contribution in [3.63, 3.8) is 0 Å². The number of carbonyl (C=O) groups excluding carboxylic acids is 1. The number of likely N-dealkylation sites (tertiary alicyclic amines) is 1. The van der Waals surface area contributed by atoms with Gasteiger partial charge in [-0.1, -0.05) is 37.3 Å². The van der Waals surface area contributed by atoms with Crippen molar-refractivity contribution < 1.29 is 19.8 Å². The summed E-state index contributed by atoms with van der Waals surface area (Å²) in [6.45, 7) is 2.21. The fraction of sp³-hybridized carbons (Fsp3) is 0.467. The molecule has 0 aromatic heterocycles. The van der Waals surface area contributed by atoms with Gasteiger partial charge in [-0.3, -0.25) is 4.79 Å². The standard InChI is InChI=1S/C15H19NO4/c1-10-6-5-9-16(12(10)15(19)20)14(18)13(17)11-7-3-2-4-8-11/h2-4,7-8,10,12-13,17H,5-6,9H2,1H3,(H,19,20). The molecule has 5 heteroatoms. The number of nitrogens with zero attached hydrogens (tertiary/aromatic N) is 1. The predicted octanol–water partition coefficient (Wildman–Crippen LogP) is 1.43. The lowest BCUT2D eigenvalue weighted by Gasteiger charge is -2.38. The second-order valence-electron chi connectivity index (χ2n) is 5.25. The Kier molecular flexibility index (Phi) is 4.39. The molecule has 1 aliphatic heterocycles. The molecule has 5 nitrogen and oxygen atoms in total. The Morgan fingerprint density at radius 3 is 2.55 bits per heavy atom. The van der Waals surface area contributed by atoms with Crippen LogP contribution in [0, 0.1) is 5.92 Å². The summed E-state index contributed by atoms with van der Waals surface area (Å²) in [5, 5.41) is 19.4. The lowest BCUT2D eigenvalue weighted by molar-refractivity contribution is -0.159. The highest BCUT2D eigenvalue weighted by molar-refractivity contribution is 5.87. The van der Waals surface area contributed by atoms with Crippen LogP contribution in [0.25, 0.3) is 0 Å². The third-order valence-corrected chi connectivity index (χ3v) is 3.82. The van der Waals surface area contributed by atoms with Crippen molar-refractivity contribution >= 4 is 11.9 Å². The largest absolute Gasteiger partial charge is 0.480 e. The molecule has 1 saturated heterocycles. The van der Waals surface area contributed by atoms with Crippen molar-refractivity contribution in [3.8, 4) is 0 Å². The van der Waals surface area contributed by atoms with E-state index in [1.165, 1.54) is 4.90 Å². The highest BCUT2D eigenvalue weighted by atomic mass is 16.4. The molecule has 1 fully saturated rings. The molecule has 1 aromatic carbocycles. The normalized spacial score (nSPS) is 24.2. The average molecular weight is 277 g/mol. The first kappa shape index (κ1) is 14.5. The van der Waals surface area contributed by atoms with Gasteiger partial charge in [0.15, 0.2) is 6.10 Å². The summed E-state index contributed by atoms with van der Waals surface area (Å²) in [5.41, 5.74) is 0.486. The first-order chi connectivity index (χ1) is 9.52. The molecule has 3 atom stereocenters. The van der Waals surface area contributed by atoms with E-state index in [4.69, 9.17) is 0 Å². The van der Waals surface area contributed by atoms with Gasteiger partial charge in [-0.25, -0.2) is 4.79 Å². The van der Waals surface area contributed by atoms with Gasteiger partial charge in [0, 0.05) is 6.54 Å². The maximum atomic E-state index is 12.4. The number of aliphatic hydroxyl groups is 1. The molecule has 2 N–H and O–H groups in total. The van der Waals surface area contributed by atoms with Crippen molar-refractivity contribution in [2.75, 3.05) is 6.54 Å². The van der Waals surface area contributed by atoms with Gasteiger partial charge in [0.25, 0.3) is 5.91 Å². The van der Waals surface area contributed by atoms with Gasteiger partial charge in [-0.05, 0) is 24.3 Å². The van der Waals surface area contributed by atoms with Gasteiger partial charge in [0.1, 0.15) is 6.04 Å². The van der Waals surface area contributed by atoms with Gasteiger partial charge < -0.3 is 15.1 Å². The second-order valence-corrected chi connectivity index (χ2v) is 5.25. The fourth-order valence-corrected chi connectivity index (χ4v) is 2.75. The van der Waals surface area contributed by atoms with E-state index >= 15 is 0 Å². The van der Waals surface area contributed by atoms with E-state index in [1.807, 2.05) is 6.92 Å². The van der Waals surface area contributed by atoms with Gasteiger partial charge in [-0.15, -0.1) is 0 Å². The molecule has 20 heavy (non-hydrogen) atoms. The summed E-state index contributed by atoms with van der Waals surface area (Å²) in [5.74, 6) is -1.64. The smallest absolute Gasteiger partial charge is 0.326 e. The number of benzene rings is 1. The molecule has 108 valence electrons. The highest BCUT2D eigenvalue weighted by Crippen LogP contribution is 2.27. The van der Waals surface area contributed by atoms with Gasteiger partial charge in [-0.2, -0.15) is 0 Å². The van der Waals surface area contributed by atoms with Crippen LogP contribution in [0.3, 0.4) is 0 Å². The number of aliphatic hydroxyl groups excluding tert-OH is 1. The van der Waals surface area contributed by atoms with E-state index in [-0.39, 0.29) is 5.92 Å². The number of aliphatic carboxylic acids is 1. The molecule has 1 heterocycles. The van der Waals surface area contributed by atoms with Crippen LogP contribution in [-0.4, -0.2) is 39.6 Å².